The van der Waals surface area contributed by atoms with Crippen LogP contribution in [0.4, 0.5) is 0 Å². The Morgan fingerprint density at radius 2 is 0.786 bits per heavy atom. The Morgan fingerprint density at radius 1 is 0.571 bits per heavy atom. The van der Waals surface area contributed by atoms with Crippen molar-refractivity contribution in [1.82, 2.24) is 0 Å². The topological polar surface area (TPSA) is 151 Å². The summed E-state index contributed by atoms with van der Waals surface area (Å²) in [6, 6.07) is 3.69. The molecule has 0 aliphatic heterocycles. The van der Waals surface area contributed by atoms with Crippen molar-refractivity contribution in [3.8, 4) is 17.2 Å². The van der Waals surface area contributed by atoms with Gasteiger partial charge >= 0.3 is 0 Å². The van der Waals surface area contributed by atoms with Gasteiger partial charge in [-0.2, -0.15) is 0 Å². The quantitative estimate of drug-likeness (QED) is 0.451. The van der Waals surface area contributed by atoms with Crippen LogP contribution in [-0.2, 0) is 17.1 Å². The fraction of sp³-hybridized carbons (Fsp3) is 0.167. The van der Waals surface area contributed by atoms with Gasteiger partial charge in [0.15, 0.2) is 17.2 Å². The predicted molar refractivity (Wildman–Crippen MR) is 94.1 cm³/mol. The monoisotopic (exact) mass is 434 g/mol. The average Bonchev–Trinajstić information content (AvgIpc) is 2.60. The zero-order valence-corrected chi connectivity index (χ0v) is 16.2. The van der Waals surface area contributed by atoms with Gasteiger partial charge in [-0.3, -0.25) is 14.4 Å². The van der Waals surface area contributed by atoms with Crippen molar-refractivity contribution < 1.29 is 45.6 Å². The molecule has 28 heavy (non-hydrogen) atoms. The molecule has 3 N–H and O–H groups in total. The summed E-state index contributed by atoms with van der Waals surface area (Å²) >= 11 is 0. The Morgan fingerprint density at radius 3 is 0.929 bits per heavy atom. The molecule has 9 nitrogen and oxygen atoms in total. The molecule has 0 aromatic carbocycles. The standard InChI is InChI=1S/3C6H6O3.Fe/c3*1-4-2-5(7)6(8)3-9-4;/h3*2-3,8H,1H3;. The van der Waals surface area contributed by atoms with Crippen molar-refractivity contribution >= 4 is 0 Å². The first-order valence-electron chi connectivity index (χ1n) is 7.45. The van der Waals surface area contributed by atoms with Crippen LogP contribution in [0.25, 0.3) is 0 Å². The zero-order chi connectivity index (χ0) is 20.6. The van der Waals surface area contributed by atoms with E-state index in [0.29, 0.717) is 17.3 Å². The van der Waals surface area contributed by atoms with Crippen LogP contribution in [0, 0.1) is 20.8 Å². The fourth-order valence-electron chi connectivity index (χ4n) is 1.50. The van der Waals surface area contributed by atoms with Gasteiger partial charge in [-0.25, -0.2) is 0 Å². The van der Waals surface area contributed by atoms with Crippen molar-refractivity contribution in [3.63, 3.8) is 0 Å². The number of rotatable bonds is 0. The van der Waals surface area contributed by atoms with E-state index < -0.39 is 16.3 Å². The molecule has 0 fully saturated rings. The third-order valence-electron chi connectivity index (χ3n) is 2.83. The average molecular weight is 434 g/mol. The van der Waals surface area contributed by atoms with Gasteiger partial charge in [0.05, 0.1) is 0 Å². The molecular weight excluding hydrogens is 416 g/mol. The van der Waals surface area contributed by atoms with Crippen LogP contribution >= 0.6 is 0 Å². The summed E-state index contributed by atoms with van der Waals surface area (Å²) in [6.45, 7) is 4.92. The summed E-state index contributed by atoms with van der Waals surface area (Å²) < 4.78 is 14.1. The molecule has 0 saturated heterocycles. The molecule has 0 spiro atoms. The first-order chi connectivity index (χ1) is 12.6. The molecule has 152 valence electrons. The van der Waals surface area contributed by atoms with Crippen molar-refractivity contribution in [2.24, 2.45) is 0 Å². The van der Waals surface area contributed by atoms with Crippen LogP contribution in [-0.4, -0.2) is 15.3 Å². The zero-order valence-electron chi connectivity index (χ0n) is 15.1. The van der Waals surface area contributed by atoms with Crippen molar-refractivity contribution in [2.45, 2.75) is 20.8 Å². The summed E-state index contributed by atoms with van der Waals surface area (Å²) in [5, 5.41) is 25.9. The number of aromatic hydroxyl groups is 3. The summed E-state index contributed by atoms with van der Waals surface area (Å²) in [6.07, 6.45) is 3.08. The van der Waals surface area contributed by atoms with Gasteiger partial charge in [-0.1, -0.05) is 0 Å². The SMILES string of the molecule is Cc1cc(=O)c(O)co1.Cc1cc(=O)c(O)co1.Cc1cc(=O)c(O)co1.[Fe]. The Bertz CT molecular complexity index is 927. The van der Waals surface area contributed by atoms with Crippen molar-refractivity contribution in [1.29, 1.82) is 0 Å². The summed E-state index contributed by atoms with van der Waals surface area (Å²) in [5.41, 5.74) is -1.21. The molecule has 0 saturated carbocycles. The first-order valence-corrected chi connectivity index (χ1v) is 7.45. The smallest absolute Gasteiger partial charge is 0.226 e. The van der Waals surface area contributed by atoms with E-state index in [1.165, 1.54) is 18.2 Å². The van der Waals surface area contributed by atoms with E-state index in [0.717, 1.165) is 18.8 Å². The maximum atomic E-state index is 10.5. The summed E-state index contributed by atoms with van der Waals surface area (Å²) in [4.78, 5) is 31.6. The van der Waals surface area contributed by atoms with Crippen LogP contribution in [0.2, 0.25) is 0 Å². The number of hydrogen-bond acceptors (Lipinski definition) is 9. The Labute approximate surface area is 169 Å². The van der Waals surface area contributed by atoms with Crippen LogP contribution in [0.1, 0.15) is 17.3 Å². The molecule has 3 aromatic heterocycles. The Hall–Kier alpha value is -3.23. The second-order valence-corrected chi connectivity index (χ2v) is 5.22. The maximum Gasteiger partial charge on any atom is 0.226 e. The predicted octanol–water partition coefficient (Wildman–Crippen LogP) is 1.96. The molecule has 3 aromatic rings. The normalized spacial score (nSPS) is 9.11. The van der Waals surface area contributed by atoms with E-state index in [1.54, 1.807) is 20.8 Å². The Kier molecular flexibility index (Phi) is 10.2. The van der Waals surface area contributed by atoms with Gasteiger partial charge in [0.1, 0.15) is 36.1 Å². The van der Waals surface area contributed by atoms with E-state index in [9.17, 15) is 14.4 Å². The molecule has 0 radical (unpaired) electrons. The minimum atomic E-state index is -0.404. The van der Waals surface area contributed by atoms with E-state index in [-0.39, 0.29) is 34.3 Å². The molecule has 3 heterocycles. The van der Waals surface area contributed by atoms with Gasteiger partial charge in [0, 0.05) is 35.3 Å². The molecule has 10 heteroatoms. The van der Waals surface area contributed by atoms with Gasteiger partial charge in [0.2, 0.25) is 16.3 Å². The first kappa shape index (κ1) is 24.8. The van der Waals surface area contributed by atoms with Crippen LogP contribution in [0.5, 0.6) is 17.2 Å². The molecule has 0 atom stereocenters. The minimum absolute atomic E-state index is 0. The molecular formula is C18H18FeO9. The molecule has 0 aliphatic carbocycles. The van der Waals surface area contributed by atoms with E-state index in [4.69, 9.17) is 15.3 Å². The molecule has 0 bridgehead atoms. The van der Waals surface area contributed by atoms with Crippen molar-refractivity contribution in [3.05, 3.63) is 84.9 Å². The van der Waals surface area contributed by atoms with E-state index in [1.807, 2.05) is 0 Å². The third kappa shape index (κ3) is 8.43. The molecule has 0 amide bonds. The maximum absolute atomic E-state index is 10.5. The van der Waals surface area contributed by atoms with Crippen molar-refractivity contribution in [2.75, 3.05) is 0 Å². The fourth-order valence-corrected chi connectivity index (χ4v) is 1.50. The largest absolute Gasteiger partial charge is 0.502 e. The van der Waals surface area contributed by atoms with Crippen LogP contribution < -0.4 is 16.3 Å². The van der Waals surface area contributed by atoms with Gasteiger partial charge in [-0.05, 0) is 20.8 Å². The second kappa shape index (κ2) is 11.5. The molecule has 0 unspecified atom stereocenters. The Balaban J connectivity index is 0.000000384. The van der Waals surface area contributed by atoms with Crippen LogP contribution in [0.15, 0.2) is 64.6 Å². The minimum Gasteiger partial charge on any atom is -0.502 e. The van der Waals surface area contributed by atoms with Gasteiger partial charge in [-0.15, -0.1) is 0 Å². The second-order valence-electron chi connectivity index (χ2n) is 5.22. The molecule has 3 rings (SSSR count). The van der Waals surface area contributed by atoms with Crippen LogP contribution in [0.3, 0.4) is 0 Å². The number of hydrogen-bond donors (Lipinski definition) is 3. The van der Waals surface area contributed by atoms with E-state index in [2.05, 4.69) is 13.3 Å². The summed E-state index contributed by atoms with van der Waals surface area (Å²) in [7, 11) is 0. The van der Waals surface area contributed by atoms with Gasteiger partial charge in [0.25, 0.3) is 0 Å². The third-order valence-corrected chi connectivity index (χ3v) is 2.83. The van der Waals surface area contributed by atoms with E-state index >= 15 is 0 Å². The molecule has 0 aliphatic rings. The van der Waals surface area contributed by atoms with Gasteiger partial charge < -0.3 is 28.6 Å². The number of aryl methyl sites for hydroxylation is 3. The summed E-state index contributed by atoms with van der Waals surface area (Å²) in [5.74, 6) is 0.454.